The number of carbonyl (C=O) groups excluding carboxylic acids is 1. The Morgan fingerprint density at radius 1 is 1.08 bits per heavy atom. The quantitative estimate of drug-likeness (QED) is 0.912. The van der Waals surface area contributed by atoms with Gasteiger partial charge in [0.15, 0.2) is 5.82 Å². The second-order valence-electron chi connectivity index (χ2n) is 7.12. The summed E-state index contributed by atoms with van der Waals surface area (Å²) in [5.74, 6) is 1.84. The Hall–Kier alpha value is -2.43. The third kappa shape index (κ3) is 3.98. The van der Waals surface area contributed by atoms with E-state index < -0.39 is 0 Å². The predicted molar refractivity (Wildman–Crippen MR) is 98.1 cm³/mol. The number of aromatic nitrogens is 2. The largest absolute Gasteiger partial charge is 0.356 e. The van der Waals surface area contributed by atoms with E-state index in [2.05, 4.69) is 20.4 Å². The average molecular weight is 336 g/mol. The number of piperidine rings is 1. The van der Waals surface area contributed by atoms with Gasteiger partial charge >= 0.3 is 0 Å². The van der Waals surface area contributed by atoms with Gasteiger partial charge in [-0.25, -0.2) is 0 Å². The van der Waals surface area contributed by atoms with E-state index in [0.717, 1.165) is 55.5 Å². The Labute approximate surface area is 148 Å². The minimum absolute atomic E-state index is 0.0584. The minimum atomic E-state index is 0.0584. The minimum Gasteiger partial charge on any atom is -0.356 e. The van der Waals surface area contributed by atoms with Crippen LogP contribution in [0.3, 0.4) is 0 Å². The highest BCUT2D eigenvalue weighted by Gasteiger charge is 2.28. The molecular weight excluding hydrogens is 312 g/mol. The molecule has 2 aromatic rings. The van der Waals surface area contributed by atoms with Crippen LogP contribution in [-0.2, 0) is 4.79 Å². The van der Waals surface area contributed by atoms with Gasteiger partial charge in [0.1, 0.15) is 0 Å². The summed E-state index contributed by atoms with van der Waals surface area (Å²) < 4.78 is 0. The van der Waals surface area contributed by atoms with E-state index in [9.17, 15) is 4.79 Å². The fourth-order valence-corrected chi connectivity index (χ4v) is 3.37. The first kappa shape index (κ1) is 16.1. The zero-order chi connectivity index (χ0) is 17.1. The van der Waals surface area contributed by atoms with Crippen LogP contribution < -0.4 is 10.2 Å². The summed E-state index contributed by atoms with van der Waals surface area (Å²) in [6, 6.07) is 14.1. The van der Waals surface area contributed by atoms with Crippen LogP contribution in [0.25, 0.3) is 11.3 Å². The maximum Gasteiger partial charge on any atom is 0.224 e. The van der Waals surface area contributed by atoms with E-state index in [0.29, 0.717) is 0 Å². The fraction of sp³-hybridized carbons (Fsp3) is 0.450. The first-order valence-corrected chi connectivity index (χ1v) is 9.21. The summed E-state index contributed by atoms with van der Waals surface area (Å²) in [6.07, 6.45) is 4.51. The lowest BCUT2D eigenvalue weighted by Gasteiger charge is -2.32. The van der Waals surface area contributed by atoms with Crippen LogP contribution in [0.5, 0.6) is 0 Å². The number of nitrogens with one attached hydrogen (secondary N) is 1. The summed E-state index contributed by atoms with van der Waals surface area (Å²) in [5, 5.41) is 11.9. The van der Waals surface area contributed by atoms with Crippen LogP contribution in [0.4, 0.5) is 5.82 Å². The zero-order valence-electron chi connectivity index (χ0n) is 14.4. The predicted octanol–water partition coefficient (Wildman–Crippen LogP) is 2.89. The molecule has 4 rings (SSSR count). The summed E-state index contributed by atoms with van der Waals surface area (Å²) in [4.78, 5) is 14.6. The Bertz CT molecular complexity index is 712. The molecule has 0 spiro atoms. The van der Waals surface area contributed by atoms with Crippen LogP contribution in [0.1, 0.15) is 25.7 Å². The molecular formula is C20H24N4O. The van der Waals surface area contributed by atoms with Gasteiger partial charge in [0.05, 0.1) is 11.6 Å². The Morgan fingerprint density at radius 3 is 2.64 bits per heavy atom. The van der Waals surface area contributed by atoms with Crippen LogP contribution in [0.2, 0.25) is 0 Å². The van der Waals surface area contributed by atoms with Crippen molar-refractivity contribution in [2.45, 2.75) is 25.7 Å². The summed E-state index contributed by atoms with van der Waals surface area (Å²) in [5.41, 5.74) is 1.94. The molecule has 1 saturated carbocycles. The van der Waals surface area contributed by atoms with Gasteiger partial charge < -0.3 is 10.2 Å². The highest BCUT2D eigenvalue weighted by atomic mass is 16.1. The molecule has 1 aromatic heterocycles. The van der Waals surface area contributed by atoms with Crippen molar-refractivity contribution in [3.8, 4) is 11.3 Å². The van der Waals surface area contributed by atoms with E-state index >= 15 is 0 Å². The fourth-order valence-electron chi connectivity index (χ4n) is 3.37. The maximum absolute atomic E-state index is 12.4. The van der Waals surface area contributed by atoms with Gasteiger partial charge in [-0.15, -0.1) is 10.2 Å². The molecule has 25 heavy (non-hydrogen) atoms. The molecule has 2 aliphatic rings. The second-order valence-corrected chi connectivity index (χ2v) is 7.12. The molecule has 1 aliphatic heterocycles. The van der Waals surface area contributed by atoms with E-state index in [4.69, 9.17) is 0 Å². The number of rotatable bonds is 5. The number of nitrogens with zero attached hydrogens (tertiary/aromatic N) is 3. The van der Waals surface area contributed by atoms with Crippen molar-refractivity contribution in [2.24, 2.45) is 11.8 Å². The maximum atomic E-state index is 12.4. The molecule has 2 heterocycles. The van der Waals surface area contributed by atoms with Gasteiger partial charge in [-0.3, -0.25) is 4.79 Å². The Balaban J connectivity index is 1.39. The normalized spacial score (nSPS) is 20.3. The van der Waals surface area contributed by atoms with Crippen LogP contribution >= 0.6 is 0 Å². The third-order valence-electron chi connectivity index (χ3n) is 5.10. The molecule has 1 atom stereocenters. The lowest BCUT2D eigenvalue weighted by molar-refractivity contribution is -0.125. The molecule has 1 aromatic carbocycles. The van der Waals surface area contributed by atoms with Gasteiger partial charge in [0.2, 0.25) is 5.91 Å². The van der Waals surface area contributed by atoms with E-state index in [-0.39, 0.29) is 11.8 Å². The number of anilines is 1. The van der Waals surface area contributed by atoms with Crippen molar-refractivity contribution >= 4 is 11.7 Å². The molecule has 2 fully saturated rings. The number of hydrogen-bond donors (Lipinski definition) is 1. The van der Waals surface area contributed by atoms with Crippen molar-refractivity contribution in [3.63, 3.8) is 0 Å². The van der Waals surface area contributed by atoms with Crippen molar-refractivity contribution in [1.82, 2.24) is 15.5 Å². The number of carbonyl (C=O) groups is 1. The standard InChI is InChI=1S/C20H24N4O/c25-20(21-13-15-8-9-15)17-7-4-12-24(14-17)19-11-10-18(22-23-19)16-5-2-1-3-6-16/h1-3,5-6,10-11,15,17H,4,7-9,12-14H2,(H,21,25)/t17-/m1/s1. The average Bonchev–Trinajstić information content (AvgIpc) is 3.51. The van der Waals surface area contributed by atoms with E-state index in [1.54, 1.807) is 0 Å². The molecule has 5 nitrogen and oxygen atoms in total. The molecule has 1 aliphatic carbocycles. The van der Waals surface area contributed by atoms with Gasteiger partial charge in [-0.05, 0) is 43.7 Å². The molecule has 1 amide bonds. The highest BCUT2D eigenvalue weighted by molar-refractivity contribution is 5.79. The van der Waals surface area contributed by atoms with Gasteiger partial charge in [-0.2, -0.15) is 0 Å². The third-order valence-corrected chi connectivity index (χ3v) is 5.10. The molecule has 0 bridgehead atoms. The highest BCUT2D eigenvalue weighted by Crippen LogP contribution is 2.28. The number of amides is 1. The first-order valence-electron chi connectivity index (χ1n) is 9.21. The van der Waals surface area contributed by atoms with E-state index in [1.165, 1.54) is 12.8 Å². The van der Waals surface area contributed by atoms with Crippen molar-refractivity contribution < 1.29 is 4.79 Å². The summed E-state index contributed by atoms with van der Waals surface area (Å²) >= 11 is 0. The monoisotopic (exact) mass is 336 g/mol. The molecule has 1 saturated heterocycles. The van der Waals surface area contributed by atoms with Crippen molar-refractivity contribution in [3.05, 3.63) is 42.5 Å². The van der Waals surface area contributed by atoms with Gasteiger partial charge in [0, 0.05) is 25.2 Å². The number of benzene rings is 1. The topological polar surface area (TPSA) is 58.1 Å². The first-order chi connectivity index (χ1) is 12.3. The molecule has 0 unspecified atom stereocenters. The van der Waals surface area contributed by atoms with Crippen molar-refractivity contribution in [2.75, 3.05) is 24.5 Å². The zero-order valence-corrected chi connectivity index (χ0v) is 14.4. The Kier molecular flexibility index (Phi) is 4.63. The molecule has 0 radical (unpaired) electrons. The van der Waals surface area contributed by atoms with Crippen LogP contribution in [0.15, 0.2) is 42.5 Å². The summed E-state index contributed by atoms with van der Waals surface area (Å²) in [6.45, 7) is 2.52. The molecule has 1 N–H and O–H groups in total. The lowest BCUT2D eigenvalue weighted by atomic mass is 9.97. The van der Waals surface area contributed by atoms with E-state index in [1.807, 2.05) is 42.5 Å². The lowest BCUT2D eigenvalue weighted by Crippen LogP contribution is -2.43. The van der Waals surface area contributed by atoms with Gasteiger partial charge in [-0.1, -0.05) is 30.3 Å². The van der Waals surface area contributed by atoms with Crippen LogP contribution in [0, 0.1) is 11.8 Å². The number of hydrogen-bond acceptors (Lipinski definition) is 4. The van der Waals surface area contributed by atoms with Gasteiger partial charge in [0.25, 0.3) is 0 Å². The molecule has 130 valence electrons. The Morgan fingerprint density at radius 2 is 1.92 bits per heavy atom. The van der Waals surface area contributed by atoms with Crippen LogP contribution in [-0.4, -0.2) is 35.7 Å². The smallest absolute Gasteiger partial charge is 0.224 e. The van der Waals surface area contributed by atoms with Crippen molar-refractivity contribution in [1.29, 1.82) is 0 Å². The SMILES string of the molecule is O=C(NCC1CC1)[C@@H]1CCCN(c2ccc(-c3ccccc3)nn2)C1. The summed E-state index contributed by atoms with van der Waals surface area (Å²) in [7, 11) is 0. The second kappa shape index (κ2) is 7.21. The molecule has 5 heteroatoms.